The van der Waals surface area contributed by atoms with E-state index in [-0.39, 0.29) is 22.1 Å². The van der Waals surface area contributed by atoms with E-state index in [0.717, 1.165) is 19.3 Å². The Morgan fingerprint density at radius 3 is 2.12 bits per heavy atom. The Bertz CT molecular complexity index is 241. The first-order valence-electron chi connectivity index (χ1n) is 6.32. The number of carbonyl (C=O) groups is 1. The number of hydrogen-bond donors (Lipinski definition) is 3. The van der Waals surface area contributed by atoms with Crippen LogP contribution in [-0.4, -0.2) is 23.2 Å². The van der Waals surface area contributed by atoms with E-state index in [2.05, 4.69) is 17.9 Å². The van der Waals surface area contributed by atoms with Gasteiger partial charge in [0.1, 0.15) is 0 Å². The Morgan fingerprint density at radius 1 is 1.24 bits per heavy atom. The van der Waals surface area contributed by atoms with Gasteiger partial charge in [-0.3, -0.25) is 10.1 Å². The largest absolute Gasteiger partial charge is 0.330 e. The number of rotatable bonds is 7. The van der Waals surface area contributed by atoms with Gasteiger partial charge >= 0.3 is 0 Å². The predicted molar refractivity (Wildman–Crippen MR) is 77.4 cm³/mol. The lowest BCUT2D eigenvalue weighted by Gasteiger charge is -2.31. The lowest BCUT2D eigenvalue weighted by molar-refractivity contribution is -0.128. The summed E-state index contributed by atoms with van der Waals surface area (Å²) in [6, 6.07) is -0.131. The second-order valence-corrected chi connectivity index (χ2v) is 7.27. The summed E-state index contributed by atoms with van der Waals surface area (Å²) in [5.41, 5.74) is 5.16. The molecule has 0 heterocycles. The number of nitrogens with two attached hydrogens (primary N) is 1. The minimum atomic E-state index is -0.339. The highest BCUT2D eigenvalue weighted by Gasteiger charge is 2.31. The Balaban J connectivity index is 4.56. The second kappa shape index (κ2) is 6.76. The van der Waals surface area contributed by atoms with E-state index in [4.69, 9.17) is 5.73 Å². The highest BCUT2D eigenvalue weighted by Crippen LogP contribution is 2.21. The van der Waals surface area contributed by atoms with Crippen molar-refractivity contribution in [3.05, 3.63) is 0 Å². The molecular weight excluding hydrogens is 232 g/mol. The highest BCUT2D eigenvalue weighted by molar-refractivity contribution is 7.81. The van der Waals surface area contributed by atoms with Crippen molar-refractivity contribution in [3.63, 3.8) is 0 Å². The number of Topliss-reactive ketones (excluding diaryl/α,β-unsaturated/α-hetero) is 1. The van der Waals surface area contributed by atoms with Gasteiger partial charge in [0.2, 0.25) is 0 Å². The van der Waals surface area contributed by atoms with Crippen molar-refractivity contribution in [3.8, 4) is 0 Å². The van der Waals surface area contributed by atoms with Gasteiger partial charge in [0.05, 0.1) is 10.9 Å². The Kier molecular flexibility index (Phi) is 6.74. The van der Waals surface area contributed by atoms with Gasteiger partial charge in [0.25, 0.3) is 0 Å². The molecule has 0 aliphatic rings. The van der Waals surface area contributed by atoms with Crippen LogP contribution < -0.4 is 11.1 Å². The molecule has 0 aliphatic heterocycles. The van der Waals surface area contributed by atoms with Crippen LogP contribution in [0.25, 0.3) is 0 Å². The molecule has 17 heavy (non-hydrogen) atoms. The Hall–Kier alpha value is -0.0600. The van der Waals surface area contributed by atoms with Crippen LogP contribution in [0.15, 0.2) is 0 Å². The molecule has 0 amide bonds. The molecule has 0 fully saturated rings. The van der Waals surface area contributed by atoms with Crippen LogP contribution in [0.3, 0.4) is 0 Å². The Morgan fingerprint density at radius 2 is 1.76 bits per heavy atom. The summed E-state index contributed by atoms with van der Waals surface area (Å²) in [6.07, 6.45) is 2.76. The lowest BCUT2D eigenvalue weighted by Crippen LogP contribution is -2.49. The molecular formula is C13H28N2OS. The van der Waals surface area contributed by atoms with Gasteiger partial charge < -0.3 is 5.73 Å². The fourth-order valence-corrected chi connectivity index (χ4v) is 1.87. The Labute approximate surface area is 111 Å². The summed E-state index contributed by atoms with van der Waals surface area (Å²) in [6.45, 7) is 10.5. The van der Waals surface area contributed by atoms with Gasteiger partial charge in [-0.25, -0.2) is 0 Å². The molecule has 0 spiro atoms. The highest BCUT2D eigenvalue weighted by atomic mass is 32.1. The van der Waals surface area contributed by atoms with Crippen LogP contribution in [0, 0.1) is 5.41 Å². The summed E-state index contributed by atoms with van der Waals surface area (Å²) < 4.78 is 0. The third-order valence-corrected chi connectivity index (χ3v) is 2.66. The number of hydrogen-bond acceptors (Lipinski definition) is 4. The second-order valence-electron chi connectivity index (χ2n) is 6.15. The molecule has 0 rings (SSSR count). The van der Waals surface area contributed by atoms with Gasteiger partial charge in [-0.2, -0.15) is 12.6 Å². The van der Waals surface area contributed by atoms with E-state index in [1.54, 1.807) is 0 Å². The average molecular weight is 260 g/mol. The van der Waals surface area contributed by atoms with Crippen LogP contribution in [0.2, 0.25) is 0 Å². The van der Waals surface area contributed by atoms with Crippen molar-refractivity contribution in [1.82, 2.24) is 5.32 Å². The van der Waals surface area contributed by atoms with E-state index in [1.807, 2.05) is 34.6 Å². The fraction of sp³-hybridized carbons (Fsp3) is 0.923. The van der Waals surface area contributed by atoms with E-state index in [0.29, 0.717) is 6.54 Å². The summed E-state index contributed by atoms with van der Waals surface area (Å²) in [5.74, 6) is 0.247. The molecule has 0 aromatic heterocycles. The molecule has 3 N–H and O–H groups in total. The first kappa shape index (κ1) is 16.9. The maximum atomic E-state index is 12.3. The van der Waals surface area contributed by atoms with E-state index in [9.17, 15) is 4.79 Å². The van der Waals surface area contributed by atoms with Crippen LogP contribution in [0.5, 0.6) is 0 Å². The summed E-state index contributed by atoms with van der Waals surface area (Å²) in [4.78, 5) is 12.0. The third-order valence-electron chi connectivity index (χ3n) is 2.53. The van der Waals surface area contributed by atoms with Crippen LogP contribution >= 0.6 is 12.6 Å². The number of carbonyl (C=O) groups excluding carboxylic acids is 1. The van der Waals surface area contributed by atoms with Gasteiger partial charge in [0.15, 0.2) is 5.78 Å². The van der Waals surface area contributed by atoms with Crippen molar-refractivity contribution in [2.75, 3.05) is 6.54 Å². The quantitative estimate of drug-likeness (QED) is 0.374. The SMILES string of the molecule is CC(C)(S)N[C@H](CCCCN)C(=O)C(C)(C)C. The monoisotopic (exact) mass is 260 g/mol. The van der Waals surface area contributed by atoms with Crippen molar-refractivity contribution in [2.24, 2.45) is 11.1 Å². The zero-order chi connectivity index (χ0) is 13.7. The minimum Gasteiger partial charge on any atom is -0.330 e. The van der Waals surface area contributed by atoms with Crippen molar-refractivity contribution in [1.29, 1.82) is 0 Å². The summed E-state index contributed by atoms with van der Waals surface area (Å²) in [7, 11) is 0. The molecule has 0 saturated heterocycles. The van der Waals surface area contributed by atoms with Crippen LogP contribution in [0.1, 0.15) is 53.9 Å². The molecule has 0 bridgehead atoms. The van der Waals surface area contributed by atoms with Crippen molar-refractivity contribution in [2.45, 2.75) is 64.8 Å². The lowest BCUT2D eigenvalue weighted by atomic mass is 9.84. The van der Waals surface area contributed by atoms with E-state index >= 15 is 0 Å². The van der Waals surface area contributed by atoms with Crippen LogP contribution in [-0.2, 0) is 4.79 Å². The zero-order valence-electron chi connectivity index (χ0n) is 11.8. The van der Waals surface area contributed by atoms with Crippen molar-refractivity contribution >= 4 is 18.4 Å². The maximum Gasteiger partial charge on any atom is 0.155 e. The molecule has 4 heteroatoms. The molecule has 0 saturated carbocycles. The topological polar surface area (TPSA) is 55.1 Å². The number of nitrogens with one attached hydrogen (secondary N) is 1. The molecule has 0 radical (unpaired) electrons. The smallest absolute Gasteiger partial charge is 0.155 e. The number of unbranched alkanes of at least 4 members (excludes halogenated alkanes) is 1. The van der Waals surface area contributed by atoms with E-state index in [1.165, 1.54) is 0 Å². The first-order chi connectivity index (χ1) is 7.58. The normalized spacial score (nSPS) is 14.8. The van der Waals surface area contributed by atoms with Gasteiger partial charge in [-0.15, -0.1) is 0 Å². The van der Waals surface area contributed by atoms with E-state index < -0.39 is 0 Å². The first-order valence-corrected chi connectivity index (χ1v) is 6.77. The van der Waals surface area contributed by atoms with Gasteiger partial charge in [-0.1, -0.05) is 27.2 Å². The standard InChI is InChI=1S/C13H28N2OS/c1-12(2,3)11(16)10(8-6-7-9-14)15-13(4,5)17/h10,15,17H,6-9,14H2,1-5H3/t10-/m1/s1. The maximum absolute atomic E-state index is 12.3. The van der Waals surface area contributed by atoms with Gasteiger partial charge in [-0.05, 0) is 33.2 Å². The van der Waals surface area contributed by atoms with Crippen LogP contribution in [0.4, 0.5) is 0 Å². The average Bonchev–Trinajstić information content (AvgIpc) is 2.12. The molecule has 1 atom stereocenters. The number of thiol groups is 1. The summed E-state index contributed by atoms with van der Waals surface area (Å²) in [5, 5.41) is 3.30. The molecule has 0 aromatic carbocycles. The summed E-state index contributed by atoms with van der Waals surface area (Å²) >= 11 is 4.44. The predicted octanol–water partition coefficient (Wildman–Crippen LogP) is 2.35. The van der Waals surface area contributed by atoms with Crippen molar-refractivity contribution < 1.29 is 4.79 Å². The number of ketones is 1. The molecule has 0 aliphatic carbocycles. The molecule has 102 valence electrons. The fourth-order valence-electron chi connectivity index (χ4n) is 1.71. The molecule has 0 unspecified atom stereocenters. The minimum absolute atomic E-state index is 0.131. The molecule has 0 aromatic rings. The molecule has 3 nitrogen and oxygen atoms in total. The zero-order valence-corrected chi connectivity index (χ0v) is 12.7. The third kappa shape index (κ3) is 7.79. The van der Waals surface area contributed by atoms with Gasteiger partial charge in [0, 0.05) is 5.41 Å².